The molecule has 1 unspecified atom stereocenters. The lowest BCUT2D eigenvalue weighted by Crippen LogP contribution is -2.51. The van der Waals surface area contributed by atoms with Crippen molar-refractivity contribution in [3.8, 4) is 11.8 Å². The Morgan fingerprint density at radius 2 is 1.77 bits per heavy atom. The summed E-state index contributed by atoms with van der Waals surface area (Å²) in [4.78, 5) is 26.3. The highest BCUT2D eigenvalue weighted by Gasteiger charge is 2.46. The molecule has 6 nitrogen and oxygen atoms in total. The van der Waals surface area contributed by atoms with E-state index in [0.29, 0.717) is 19.4 Å². The van der Waals surface area contributed by atoms with Gasteiger partial charge in [0.1, 0.15) is 5.60 Å². The van der Waals surface area contributed by atoms with Crippen LogP contribution in [-0.4, -0.2) is 39.7 Å². The van der Waals surface area contributed by atoms with Crippen LogP contribution in [0, 0.1) is 11.8 Å². The minimum Gasteiger partial charge on any atom is -0.438 e. The van der Waals surface area contributed by atoms with Gasteiger partial charge in [0.15, 0.2) is 0 Å². The fourth-order valence-corrected chi connectivity index (χ4v) is 4.62. The van der Waals surface area contributed by atoms with Gasteiger partial charge in [-0.25, -0.2) is 4.79 Å². The first-order valence-electron chi connectivity index (χ1n) is 12.0. The van der Waals surface area contributed by atoms with Crippen LogP contribution in [0.1, 0.15) is 77.1 Å². The molecule has 1 heterocycles. The molecular formula is C29H36N2O4. The van der Waals surface area contributed by atoms with Gasteiger partial charge in [-0.05, 0) is 57.9 Å². The molecule has 0 bridgehead atoms. The summed E-state index contributed by atoms with van der Waals surface area (Å²) in [7, 11) is 0. The highest BCUT2D eigenvalue weighted by Crippen LogP contribution is 2.42. The number of cyclic esters (lactones) is 1. The monoisotopic (exact) mass is 476 g/mol. The number of carbonyl (C=O) groups is 2. The van der Waals surface area contributed by atoms with Gasteiger partial charge in [-0.2, -0.15) is 0 Å². The van der Waals surface area contributed by atoms with Gasteiger partial charge in [-0.15, -0.1) is 0 Å². The van der Waals surface area contributed by atoms with Gasteiger partial charge in [-0.3, -0.25) is 4.79 Å². The van der Waals surface area contributed by atoms with Crippen LogP contribution in [0.4, 0.5) is 4.79 Å². The Balaban J connectivity index is 1.75. The number of rotatable bonds is 6. The SMILES string of the molecule is CC(=O)NC(C)(C)C#Cc1ccc([C@H](C)N2CCC(CC(C)(C)O)(c3ccccc3)OC2=O)cc1. The van der Waals surface area contributed by atoms with Gasteiger partial charge in [-0.1, -0.05) is 54.3 Å². The van der Waals surface area contributed by atoms with Crippen LogP contribution in [0.3, 0.4) is 0 Å². The largest absolute Gasteiger partial charge is 0.438 e. The van der Waals surface area contributed by atoms with Crippen LogP contribution in [-0.2, 0) is 15.1 Å². The molecule has 1 aliphatic rings. The Bertz CT molecular complexity index is 1110. The van der Waals surface area contributed by atoms with E-state index in [1.54, 1.807) is 18.7 Å². The summed E-state index contributed by atoms with van der Waals surface area (Å²) in [6.45, 7) is 11.1. The second kappa shape index (κ2) is 10.1. The van der Waals surface area contributed by atoms with Crippen molar-refractivity contribution in [2.75, 3.05) is 6.54 Å². The minimum atomic E-state index is -0.991. The number of hydrogen-bond acceptors (Lipinski definition) is 4. The molecule has 2 aromatic carbocycles. The average Bonchev–Trinajstić information content (AvgIpc) is 2.76. The van der Waals surface area contributed by atoms with Crippen LogP contribution in [0.15, 0.2) is 54.6 Å². The number of nitrogens with one attached hydrogen (secondary N) is 1. The van der Waals surface area contributed by atoms with Gasteiger partial charge in [0.05, 0.1) is 17.2 Å². The predicted octanol–water partition coefficient (Wildman–Crippen LogP) is 4.91. The van der Waals surface area contributed by atoms with Crippen LogP contribution < -0.4 is 5.32 Å². The summed E-state index contributed by atoms with van der Waals surface area (Å²) in [6, 6.07) is 17.2. The van der Waals surface area contributed by atoms with Gasteiger partial charge in [0.25, 0.3) is 0 Å². The predicted molar refractivity (Wildman–Crippen MR) is 136 cm³/mol. The van der Waals surface area contributed by atoms with E-state index in [4.69, 9.17) is 4.74 Å². The topological polar surface area (TPSA) is 78.9 Å². The van der Waals surface area contributed by atoms with Crippen LogP contribution in [0.2, 0.25) is 0 Å². The molecule has 1 saturated heterocycles. The smallest absolute Gasteiger partial charge is 0.411 e. The van der Waals surface area contributed by atoms with E-state index < -0.39 is 22.8 Å². The summed E-state index contributed by atoms with van der Waals surface area (Å²) in [6.07, 6.45) is 0.511. The molecule has 3 rings (SSSR count). The maximum absolute atomic E-state index is 13.2. The lowest BCUT2D eigenvalue weighted by atomic mass is 9.80. The number of ether oxygens (including phenoxy) is 1. The number of nitrogens with zero attached hydrogens (tertiary/aromatic N) is 1. The zero-order valence-corrected chi connectivity index (χ0v) is 21.5. The Labute approximate surface area is 208 Å². The van der Waals surface area contributed by atoms with Crippen LogP contribution >= 0.6 is 0 Å². The van der Waals surface area contributed by atoms with Gasteiger partial charge >= 0.3 is 6.09 Å². The van der Waals surface area contributed by atoms with Crippen molar-refractivity contribution in [2.45, 2.75) is 77.2 Å². The molecule has 0 radical (unpaired) electrons. The zero-order valence-electron chi connectivity index (χ0n) is 21.5. The molecule has 2 amide bonds. The Hall–Kier alpha value is -3.30. The fourth-order valence-electron chi connectivity index (χ4n) is 4.62. The summed E-state index contributed by atoms with van der Waals surface area (Å²) in [5.41, 5.74) is 0.219. The lowest BCUT2D eigenvalue weighted by Gasteiger charge is -2.45. The highest BCUT2D eigenvalue weighted by molar-refractivity contribution is 5.74. The third-order valence-electron chi connectivity index (χ3n) is 6.16. The average molecular weight is 477 g/mol. The van der Waals surface area contributed by atoms with Gasteiger partial charge in [0, 0.05) is 31.9 Å². The molecule has 6 heteroatoms. The Morgan fingerprint density at radius 3 is 2.31 bits per heavy atom. The van der Waals surface area contributed by atoms with Crippen molar-refractivity contribution in [1.82, 2.24) is 10.2 Å². The summed E-state index contributed by atoms with van der Waals surface area (Å²) >= 11 is 0. The van der Waals surface area contributed by atoms with E-state index in [0.717, 1.165) is 16.7 Å². The van der Waals surface area contributed by atoms with Crippen molar-refractivity contribution in [3.63, 3.8) is 0 Å². The van der Waals surface area contributed by atoms with E-state index in [9.17, 15) is 14.7 Å². The van der Waals surface area contributed by atoms with Crippen LogP contribution in [0.5, 0.6) is 0 Å². The van der Waals surface area contributed by atoms with Crippen LogP contribution in [0.25, 0.3) is 0 Å². The molecule has 0 saturated carbocycles. The zero-order chi connectivity index (χ0) is 25.9. The molecule has 2 aromatic rings. The van der Waals surface area contributed by atoms with Gasteiger partial charge in [0.2, 0.25) is 5.91 Å². The van der Waals surface area contributed by atoms with Gasteiger partial charge < -0.3 is 20.1 Å². The Kier molecular flexibility index (Phi) is 7.62. The quantitative estimate of drug-likeness (QED) is 0.581. The fraction of sp³-hybridized carbons (Fsp3) is 0.448. The number of aliphatic hydroxyl groups is 1. The van der Waals surface area contributed by atoms with E-state index in [2.05, 4.69) is 17.2 Å². The summed E-state index contributed by atoms with van der Waals surface area (Å²) in [5.74, 6) is 6.06. The second-order valence-electron chi connectivity index (χ2n) is 10.5. The lowest BCUT2D eigenvalue weighted by molar-refractivity contribution is -0.120. The molecule has 186 valence electrons. The molecule has 2 atom stereocenters. The molecule has 0 aliphatic carbocycles. The molecule has 0 spiro atoms. The number of hydrogen-bond donors (Lipinski definition) is 2. The summed E-state index contributed by atoms with van der Waals surface area (Å²) < 4.78 is 6.09. The van der Waals surface area contributed by atoms with E-state index in [-0.39, 0.29) is 11.9 Å². The highest BCUT2D eigenvalue weighted by atomic mass is 16.6. The summed E-state index contributed by atoms with van der Waals surface area (Å²) in [5, 5.41) is 13.4. The maximum Gasteiger partial charge on any atom is 0.411 e. The molecule has 1 aliphatic heterocycles. The van der Waals surface area contributed by atoms with Crippen molar-refractivity contribution in [1.29, 1.82) is 0 Å². The minimum absolute atomic E-state index is 0.124. The first kappa shape index (κ1) is 26.3. The number of benzene rings is 2. The second-order valence-corrected chi connectivity index (χ2v) is 10.5. The van der Waals surface area contributed by atoms with Crippen molar-refractivity contribution < 1.29 is 19.4 Å². The normalized spacial score (nSPS) is 19.3. The molecule has 35 heavy (non-hydrogen) atoms. The van der Waals surface area contributed by atoms with E-state index in [1.807, 2.05) is 75.4 Å². The first-order valence-corrected chi connectivity index (χ1v) is 12.0. The third-order valence-corrected chi connectivity index (χ3v) is 6.16. The first-order chi connectivity index (χ1) is 16.3. The van der Waals surface area contributed by atoms with E-state index in [1.165, 1.54) is 6.92 Å². The molecular weight excluding hydrogens is 440 g/mol. The maximum atomic E-state index is 13.2. The molecule has 0 aromatic heterocycles. The Morgan fingerprint density at radius 1 is 1.14 bits per heavy atom. The number of carbonyl (C=O) groups excluding carboxylic acids is 2. The van der Waals surface area contributed by atoms with Crippen molar-refractivity contribution >= 4 is 12.0 Å². The van der Waals surface area contributed by atoms with Crippen molar-refractivity contribution in [2.24, 2.45) is 0 Å². The molecule has 1 fully saturated rings. The molecule has 2 N–H and O–H groups in total. The standard InChI is InChI=1S/C29H36N2O4/c1-21(24-14-12-23(13-15-24)16-17-27(3,4)30-22(2)32)31-19-18-29(35-26(31)33,20-28(5,6)34)25-10-8-7-9-11-25/h7-15,21,34H,18-20H2,1-6H3,(H,30,32)/t21-,29?/m0/s1. The number of amides is 2. The third kappa shape index (κ3) is 6.86. The van der Waals surface area contributed by atoms with Crippen molar-refractivity contribution in [3.05, 3.63) is 71.3 Å². The van der Waals surface area contributed by atoms with E-state index >= 15 is 0 Å².